The van der Waals surface area contributed by atoms with Crippen LogP contribution in [0.1, 0.15) is 51.7 Å². The van der Waals surface area contributed by atoms with Gasteiger partial charge in [0.1, 0.15) is 5.01 Å². The first kappa shape index (κ1) is 14.0. The highest BCUT2D eigenvalue weighted by molar-refractivity contribution is 7.09. The molecular weight excluding hydrogens is 242 g/mol. The smallest absolute Gasteiger partial charge is 0.114 e. The van der Waals surface area contributed by atoms with Gasteiger partial charge >= 0.3 is 0 Å². The number of nitrogens with zero attached hydrogens (tertiary/aromatic N) is 2. The van der Waals surface area contributed by atoms with Gasteiger partial charge in [-0.25, -0.2) is 4.98 Å². The monoisotopic (exact) mass is 267 g/mol. The summed E-state index contributed by atoms with van der Waals surface area (Å²) in [5.41, 5.74) is 7.61. The Kier molecular flexibility index (Phi) is 3.56. The molecule has 0 spiro atoms. The van der Waals surface area contributed by atoms with Crippen LogP contribution in [0.4, 0.5) is 0 Å². The van der Waals surface area contributed by atoms with Gasteiger partial charge in [0.25, 0.3) is 0 Å². The fourth-order valence-corrected chi connectivity index (χ4v) is 3.51. The Morgan fingerprint density at radius 1 is 1.44 bits per heavy atom. The zero-order chi connectivity index (χ0) is 13.6. The summed E-state index contributed by atoms with van der Waals surface area (Å²) in [6.07, 6.45) is 1.02. The summed E-state index contributed by atoms with van der Waals surface area (Å²) in [5, 5.41) is 3.28. The van der Waals surface area contributed by atoms with Gasteiger partial charge in [-0.05, 0) is 20.3 Å². The molecule has 3 nitrogen and oxygen atoms in total. The molecule has 1 aromatic heterocycles. The normalized spacial score (nSPS) is 26.2. The van der Waals surface area contributed by atoms with Crippen molar-refractivity contribution in [3.05, 3.63) is 16.1 Å². The molecule has 1 aromatic rings. The van der Waals surface area contributed by atoms with Crippen LogP contribution in [0.3, 0.4) is 0 Å². The molecule has 0 aromatic carbocycles. The first-order chi connectivity index (χ1) is 8.22. The van der Waals surface area contributed by atoms with Gasteiger partial charge in [0, 0.05) is 29.9 Å². The van der Waals surface area contributed by atoms with Crippen LogP contribution >= 0.6 is 11.3 Å². The second-order valence-corrected chi connectivity index (χ2v) is 7.62. The Morgan fingerprint density at radius 2 is 2.11 bits per heavy atom. The maximum absolute atomic E-state index is 6.57. The number of rotatable bonds is 2. The molecule has 0 radical (unpaired) electrons. The van der Waals surface area contributed by atoms with Crippen molar-refractivity contribution in [3.63, 3.8) is 0 Å². The number of hydrogen-bond donors (Lipinski definition) is 1. The number of nitrogens with two attached hydrogens (primary N) is 1. The van der Waals surface area contributed by atoms with Crippen LogP contribution < -0.4 is 5.73 Å². The van der Waals surface area contributed by atoms with Crippen molar-refractivity contribution in [3.8, 4) is 0 Å². The summed E-state index contributed by atoms with van der Waals surface area (Å²) in [7, 11) is 0. The van der Waals surface area contributed by atoms with E-state index in [0.717, 1.165) is 30.2 Å². The van der Waals surface area contributed by atoms with E-state index in [1.165, 1.54) is 0 Å². The SMILES string of the molecule is CC(C)N1CCC(N)(c2nc(C(C)(C)C)cs2)C1. The van der Waals surface area contributed by atoms with Gasteiger partial charge in [-0.3, -0.25) is 4.90 Å². The van der Waals surface area contributed by atoms with Gasteiger partial charge in [-0.2, -0.15) is 0 Å². The third-order valence-electron chi connectivity index (χ3n) is 3.76. The fraction of sp³-hybridized carbons (Fsp3) is 0.786. The minimum Gasteiger partial charge on any atom is -0.318 e. The lowest BCUT2D eigenvalue weighted by atomic mass is 9.93. The molecule has 1 unspecified atom stereocenters. The summed E-state index contributed by atoms with van der Waals surface area (Å²) in [6.45, 7) is 13.1. The molecular formula is C14H25N3S. The van der Waals surface area contributed by atoms with Crippen molar-refractivity contribution in [1.82, 2.24) is 9.88 Å². The number of likely N-dealkylation sites (tertiary alicyclic amines) is 1. The van der Waals surface area contributed by atoms with Crippen LogP contribution in [-0.4, -0.2) is 29.0 Å². The molecule has 1 aliphatic rings. The van der Waals surface area contributed by atoms with Crippen molar-refractivity contribution in [2.24, 2.45) is 5.73 Å². The highest BCUT2D eigenvalue weighted by Crippen LogP contribution is 2.34. The summed E-state index contributed by atoms with van der Waals surface area (Å²) < 4.78 is 0. The van der Waals surface area contributed by atoms with Crippen molar-refractivity contribution in [2.45, 2.75) is 58.0 Å². The van der Waals surface area contributed by atoms with E-state index >= 15 is 0 Å². The summed E-state index contributed by atoms with van der Waals surface area (Å²) in [6, 6.07) is 0.567. The van der Waals surface area contributed by atoms with Crippen molar-refractivity contribution in [2.75, 3.05) is 13.1 Å². The molecule has 0 amide bonds. The van der Waals surface area contributed by atoms with Gasteiger partial charge in [0.05, 0.1) is 11.2 Å². The lowest BCUT2D eigenvalue weighted by molar-refractivity contribution is 0.257. The quantitative estimate of drug-likeness (QED) is 0.896. The van der Waals surface area contributed by atoms with Crippen LogP contribution in [-0.2, 0) is 11.0 Å². The largest absolute Gasteiger partial charge is 0.318 e. The Bertz CT molecular complexity index is 419. The maximum Gasteiger partial charge on any atom is 0.114 e. The van der Waals surface area contributed by atoms with E-state index in [4.69, 9.17) is 10.7 Å². The molecule has 1 fully saturated rings. The average molecular weight is 267 g/mol. The van der Waals surface area contributed by atoms with Crippen LogP contribution in [0.2, 0.25) is 0 Å². The Hall–Kier alpha value is -0.450. The topological polar surface area (TPSA) is 42.1 Å². The molecule has 0 bridgehead atoms. The molecule has 2 heterocycles. The van der Waals surface area contributed by atoms with Gasteiger partial charge in [0.2, 0.25) is 0 Å². The number of hydrogen-bond acceptors (Lipinski definition) is 4. The first-order valence-corrected chi connectivity index (χ1v) is 7.60. The Morgan fingerprint density at radius 3 is 2.56 bits per heavy atom. The molecule has 1 aliphatic heterocycles. The lowest BCUT2D eigenvalue weighted by Crippen LogP contribution is -2.41. The van der Waals surface area contributed by atoms with Crippen LogP contribution in [0, 0.1) is 0 Å². The van der Waals surface area contributed by atoms with Crippen molar-refractivity contribution >= 4 is 11.3 Å². The summed E-state index contributed by atoms with van der Waals surface area (Å²) >= 11 is 1.72. The van der Waals surface area contributed by atoms with Gasteiger partial charge < -0.3 is 5.73 Å². The Balaban J connectivity index is 2.19. The zero-order valence-corrected chi connectivity index (χ0v) is 13.0. The van der Waals surface area contributed by atoms with Gasteiger partial charge in [-0.1, -0.05) is 20.8 Å². The van der Waals surface area contributed by atoms with E-state index in [9.17, 15) is 0 Å². The van der Waals surface area contributed by atoms with E-state index in [1.807, 2.05) is 0 Å². The van der Waals surface area contributed by atoms with Crippen LogP contribution in [0.5, 0.6) is 0 Å². The molecule has 102 valence electrons. The predicted molar refractivity (Wildman–Crippen MR) is 78.0 cm³/mol. The van der Waals surface area contributed by atoms with Crippen molar-refractivity contribution in [1.29, 1.82) is 0 Å². The third kappa shape index (κ3) is 2.60. The molecule has 18 heavy (non-hydrogen) atoms. The second-order valence-electron chi connectivity index (χ2n) is 6.76. The molecule has 4 heteroatoms. The third-order valence-corrected chi connectivity index (χ3v) is 4.82. The maximum atomic E-state index is 6.57. The molecule has 0 aliphatic carbocycles. The van der Waals surface area contributed by atoms with E-state index in [0.29, 0.717) is 6.04 Å². The summed E-state index contributed by atoms with van der Waals surface area (Å²) in [4.78, 5) is 7.24. The first-order valence-electron chi connectivity index (χ1n) is 6.72. The standard InChI is InChI=1S/C14H25N3S/c1-10(2)17-7-6-14(15,9-17)12-16-11(8-18-12)13(3,4)5/h8,10H,6-7,9,15H2,1-5H3. The van der Waals surface area contributed by atoms with E-state index in [1.54, 1.807) is 11.3 Å². The summed E-state index contributed by atoms with van der Waals surface area (Å²) in [5.74, 6) is 0. The van der Waals surface area contributed by atoms with Gasteiger partial charge in [-0.15, -0.1) is 11.3 Å². The van der Waals surface area contributed by atoms with E-state index in [-0.39, 0.29) is 11.0 Å². The molecule has 2 N–H and O–H groups in total. The van der Waals surface area contributed by atoms with Crippen LogP contribution in [0.15, 0.2) is 5.38 Å². The van der Waals surface area contributed by atoms with Gasteiger partial charge in [0.15, 0.2) is 0 Å². The Labute approximate surface area is 114 Å². The zero-order valence-electron chi connectivity index (χ0n) is 12.2. The second kappa shape index (κ2) is 4.58. The lowest BCUT2D eigenvalue weighted by Gasteiger charge is -2.25. The van der Waals surface area contributed by atoms with Crippen LogP contribution in [0.25, 0.3) is 0 Å². The number of aromatic nitrogens is 1. The molecule has 2 rings (SSSR count). The minimum absolute atomic E-state index is 0.113. The minimum atomic E-state index is -0.238. The van der Waals surface area contributed by atoms with E-state index in [2.05, 4.69) is 44.9 Å². The number of thiazole rings is 1. The highest BCUT2D eigenvalue weighted by Gasteiger charge is 2.39. The average Bonchev–Trinajstić information content (AvgIpc) is 2.82. The fourth-order valence-electron chi connectivity index (χ4n) is 2.33. The van der Waals surface area contributed by atoms with Crippen molar-refractivity contribution < 1.29 is 0 Å². The molecule has 1 saturated heterocycles. The molecule has 0 saturated carbocycles. The van der Waals surface area contributed by atoms with E-state index < -0.39 is 0 Å². The predicted octanol–water partition coefficient (Wildman–Crippen LogP) is 2.71. The molecule has 1 atom stereocenters. The highest BCUT2D eigenvalue weighted by atomic mass is 32.1.